The highest BCUT2D eigenvalue weighted by Crippen LogP contribution is 2.27. The molecule has 3 rings (SSSR count). The Balaban J connectivity index is 1.71. The zero-order chi connectivity index (χ0) is 22.4. The second kappa shape index (κ2) is 10.6. The maximum atomic E-state index is 12.6. The molecule has 1 saturated carbocycles. The van der Waals surface area contributed by atoms with Crippen molar-refractivity contribution >= 4 is 46.7 Å². The van der Waals surface area contributed by atoms with Gasteiger partial charge in [0.2, 0.25) is 5.91 Å². The summed E-state index contributed by atoms with van der Waals surface area (Å²) in [6.45, 7) is 0. The Bertz CT molecular complexity index is 936. The van der Waals surface area contributed by atoms with Crippen LogP contribution in [-0.4, -0.2) is 22.9 Å². The van der Waals surface area contributed by atoms with Crippen LogP contribution in [0.3, 0.4) is 0 Å². The molecule has 1 atom stereocenters. The van der Waals surface area contributed by atoms with Gasteiger partial charge in [0.1, 0.15) is 0 Å². The van der Waals surface area contributed by atoms with Crippen molar-refractivity contribution in [2.24, 2.45) is 5.92 Å². The second-order valence-electron chi connectivity index (χ2n) is 7.67. The summed E-state index contributed by atoms with van der Waals surface area (Å²) in [6, 6.07) is 10.9. The second-order valence-corrected chi connectivity index (χ2v) is 8.48. The van der Waals surface area contributed by atoms with E-state index in [2.05, 4.69) is 10.6 Å². The number of rotatable bonds is 7. The van der Waals surface area contributed by atoms with E-state index < -0.39 is 17.9 Å². The molecule has 2 amide bonds. The minimum atomic E-state index is -1.00. The number of anilines is 1. The molecule has 8 heteroatoms. The SMILES string of the molecule is O=C(O)CC(NC(=O)C1CCCCC1)c1ccc(NC(=O)c2c(Cl)cccc2Cl)cc1. The van der Waals surface area contributed by atoms with Gasteiger partial charge in [-0.2, -0.15) is 0 Å². The number of carboxylic acids is 1. The Morgan fingerprint density at radius 2 is 1.58 bits per heavy atom. The number of carbonyl (C=O) groups is 3. The lowest BCUT2D eigenvalue weighted by molar-refractivity contribution is -0.138. The zero-order valence-electron chi connectivity index (χ0n) is 16.9. The summed E-state index contributed by atoms with van der Waals surface area (Å²) in [5, 5.41) is 15.4. The third kappa shape index (κ3) is 6.21. The number of nitrogens with one attached hydrogen (secondary N) is 2. The van der Waals surface area contributed by atoms with Crippen molar-refractivity contribution in [2.75, 3.05) is 5.32 Å². The molecule has 0 heterocycles. The first-order chi connectivity index (χ1) is 14.8. The van der Waals surface area contributed by atoms with Gasteiger partial charge in [-0.3, -0.25) is 14.4 Å². The molecule has 3 N–H and O–H groups in total. The topological polar surface area (TPSA) is 95.5 Å². The van der Waals surface area contributed by atoms with Crippen molar-refractivity contribution in [3.8, 4) is 0 Å². The van der Waals surface area contributed by atoms with Gasteiger partial charge in [-0.05, 0) is 42.7 Å². The van der Waals surface area contributed by atoms with Gasteiger partial charge in [-0.25, -0.2) is 0 Å². The summed E-state index contributed by atoms with van der Waals surface area (Å²) < 4.78 is 0. The molecule has 1 fully saturated rings. The fraction of sp³-hybridized carbons (Fsp3) is 0.348. The summed E-state index contributed by atoms with van der Waals surface area (Å²) >= 11 is 12.2. The lowest BCUT2D eigenvalue weighted by Gasteiger charge is -2.24. The normalized spacial score (nSPS) is 15.2. The van der Waals surface area contributed by atoms with E-state index in [9.17, 15) is 19.5 Å². The highest BCUT2D eigenvalue weighted by atomic mass is 35.5. The van der Waals surface area contributed by atoms with E-state index in [4.69, 9.17) is 23.2 Å². The molecule has 0 bridgehead atoms. The lowest BCUT2D eigenvalue weighted by atomic mass is 9.88. The fourth-order valence-electron chi connectivity index (χ4n) is 3.79. The van der Waals surface area contributed by atoms with Crippen LogP contribution in [0.2, 0.25) is 10.0 Å². The summed E-state index contributed by atoms with van der Waals surface area (Å²) in [5.41, 5.74) is 1.33. The first-order valence-electron chi connectivity index (χ1n) is 10.2. The largest absolute Gasteiger partial charge is 0.481 e. The number of aliphatic carboxylic acids is 1. The molecule has 2 aromatic rings. The van der Waals surface area contributed by atoms with Crippen LogP contribution in [0.1, 0.15) is 60.5 Å². The Kier molecular flexibility index (Phi) is 7.93. The van der Waals surface area contributed by atoms with Crippen molar-refractivity contribution < 1.29 is 19.5 Å². The van der Waals surface area contributed by atoms with Crippen molar-refractivity contribution in [1.29, 1.82) is 0 Å². The van der Waals surface area contributed by atoms with E-state index in [0.717, 1.165) is 32.1 Å². The quantitative estimate of drug-likeness (QED) is 0.508. The number of benzene rings is 2. The van der Waals surface area contributed by atoms with Gasteiger partial charge in [0.15, 0.2) is 0 Å². The first kappa shape index (κ1) is 23.1. The predicted octanol–water partition coefficient (Wildman–Crippen LogP) is 5.46. The number of carboxylic acid groups (broad SMARTS) is 1. The fourth-order valence-corrected chi connectivity index (χ4v) is 4.36. The third-order valence-electron chi connectivity index (χ3n) is 5.43. The van der Waals surface area contributed by atoms with E-state index in [-0.39, 0.29) is 33.9 Å². The first-order valence-corrected chi connectivity index (χ1v) is 11.0. The molecule has 31 heavy (non-hydrogen) atoms. The minimum Gasteiger partial charge on any atom is -0.481 e. The smallest absolute Gasteiger partial charge is 0.305 e. The summed E-state index contributed by atoms with van der Waals surface area (Å²) in [7, 11) is 0. The van der Waals surface area contributed by atoms with Crippen LogP contribution in [0.15, 0.2) is 42.5 Å². The summed E-state index contributed by atoms with van der Waals surface area (Å²) in [6.07, 6.45) is 4.62. The number of hydrogen-bond acceptors (Lipinski definition) is 3. The molecule has 0 spiro atoms. The van der Waals surface area contributed by atoms with Gasteiger partial charge in [-0.15, -0.1) is 0 Å². The van der Waals surface area contributed by atoms with E-state index in [0.29, 0.717) is 11.3 Å². The van der Waals surface area contributed by atoms with E-state index in [1.54, 1.807) is 42.5 Å². The number of hydrogen-bond donors (Lipinski definition) is 3. The monoisotopic (exact) mass is 462 g/mol. The van der Waals surface area contributed by atoms with Crippen LogP contribution < -0.4 is 10.6 Å². The van der Waals surface area contributed by atoms with Crippen molar-refractivity contribution in [3.05, 3.63) is 63.6 Å². The standard InChI is InChI=1S/C23H24Cl2N2O4/c24-17-7-4-8-18(25)21(17)23(31)26-16-11-9-14(10-12-16)19(13-20(28)29)27-22(30)15-5-2-1-3-6-15/h4,7-12,15,19H,1-3,5-6,13H2,(H,26,31)(H,27,30)(H,28,29). The molecule has 164 valence electrons. The minimum absolute atomic E-state index is 0.0658. The van der Waals surface area contributed by atoms with Crippen molar-refractivity contribution in [2.45, 2.75) is 44.6 Å². The molecule has 1 unspecified atom stereocenters. The van der Waals surface area contributed by atoms with Crippen molar-refractivity contribution in [3.63, 3.8) is 0 Å². The summed E-state index contributed by atoms with van der Waals surface area (Å²) in [4.78, 5) is 36.5. The highest BCUT2D eigenvalue weighted by molar-refractivity contribution is 6.40. The number of halogens is 2. The summed E-state index contributed by atoms with van der Waals surface area (Å²) in [5.74, 6) is -1.61. The molecular formula is C23H24Cl2N2O4. The molecule has 6 nitrogen and oxygen atoms in total. The highest BCUT2D eigenvalue weighted by Gasteiger charge is 2.25. The van der Waals surface area contributed by atoms with Gasteiger partial charge in [0.25, 0.3) is 5.91 Å². The zero-order valence-corrected chi connectivity index (χ0v) is 18.4. The molecule has 0 aromatic heterocycles. The van der Waals surface area contributed by atoms with Crippen LogP contribution in [-0.2, 0) is 9.59 Å². The van der Waals surface area contributed by atoms with Crippen molar-refractivity contribution in [1.82, 2.24) is 5.32 Å². The number of carbonyl (C=O) groups excluding carboxylic acids is 2. The van der Waals surface area contributed by atoms with E-state index >= 15 is 0 Å². The van der Waals surface area contributed by atoms with Gasteiger partial charge in [0.05, 0.1) is 28.1 Å². The Morgan fingerprint density at radius 1 is 0.968 bits per heavy atom. The molecule has 0 saturated heterocycles. The van der Waals surface area contributed by atoms with Crippen LogP contribution in [0.25, 0.3) is 0 Å². The Morgan fingerprint density at radius 3 is 2.16 bits per heavy atom. The van der Waals surface area contributed by atoms with Gasteiger partial charge >= 0.3 is 5.97 Å². The average molecular weight is 463 g/mol. The van der Waals surface area contributed by atoms with Gasteiger partial charge < -0.3 is 15.7 Å². The van der Waals surface area contributed by atoms with E-state index in [1.165, 1.54) is 0 Å². The average Bonchev–Trinajstić information content (AvgIpc) is 2.74. The maximum Gasteiger partial charge on any atom is 0.305 e. The van der Waals surface area contributed by atoms with Crippen LogP contribution >= 0.6 is 23.2 Å². The molecule has 1 aliphatic rings. The van der Waals surface area contributed by atoms with Crippen LogP contribution in [0, 0.1) is 5.92 Å². The van der Waals surface area contributed by atoms with Crippen LogP contribution in [0.4, 0.5) is 5.69 Å². The third-order valence-corrected chi connectivity index (χ3v) is 6.06. The predicted molar refractivity (Wildman–Crippen MR) is 121 cm³/mol. The van der Waals surface area contributed by atoms with Gasteiger partial charge in [0, 0.05) is 11.6 Å². The Labute approximate surface area is 190 Å². The molecule has 2 aromatic carbocycles. The number of amides is 2. The molecule has 1 aliphatic carbocycles. The maximum absolute atomic E-state index is 12.6. The molecular weight excluding hydrogens is 439 g/mol. The van der Waals surface area contributed by atoms with Gasteiger partial charge in [-0.1, -0.05) is 60.7 Å². The van der Waals surface area contributed by atoms with Crippen LogP contribution in [0.5, 0.6) is 0 Å². The molecule has 0 aliphatic heterocycles. The molecule has 0 radical (unpaired) electrons. The Hall–Kier alpha value is -2.57. The van der Waals surface area contributed by atoms with E-state index in [1.807, 2.05) is 0 Å². The lowest BCUT2D eigenvalue weighted by Crippen LogP contribution is -2.35.